The van der Waals surface area contributed by atoms with Crippen LogP contribution in [0.1, 0.15) is 56.6 Å². The monoisotopic (exact) mass is 265 g/mol. The first kappa shape index (κ1) is 14.6. The molecule has 1 fully saturated rings. The lowest BCUT2D eigenvalue weighted by Gasteiger charge is -2.04. The summed E-state index contributed by atoms with van der Waals surface area (Å²) in [4.78, 5) is 0. The smallest absolute Gasteiger partial charge is 0.130 e. The van der Waals surface area contributed by atoms with E-state index in [1.807, 2.05) is 0 Å². The summed E-state index contributed by atoms with van der Waals surface area (Å²) in [6.45, 7) is 8.87. The summed E-state index contributed by atoms with van der Waals surface area (Å²) in [7, 11) is 0. The summed E-state index contributed by atoms with van der Waals surface area (Å²) in [6.07, 6.45) is 4.98. The van der Waals surface area contributed by atoms with Crippen LogP contribution in [0.5, 0.6) is 0 Å². The summed E-state index contributed by atoms with van der Waals surface area (Å²) in [5, 5.41) is 3.48. The van der Waals surface area contributed by atoms with Crippen molar-refractivity contribution in [3.8, 4) is 0 Å². The molecule has 1 aliphatic rings. The van der Waals surface area contributed by atoms with Gasteiger partial charge in [-0.25, -0.2) is 0 Å². The average molecular weight is 265 g/mol. The fourth-order valence-electron chi connectivity index (χ4n) is 2.13. The van der Waals surface area contributed by atoms with Crippen LogP contribution in [0.3, 0.4) is 0 Å². The number of rotatable bonds is 9. The molecular weight excluding hydrogens is 238 g/mol. The van der Waals surface area contributed by atoms with E-state index in [9.17, 15) is 0 Å². The highest BCUT2D eigenvalue weighted by atomic mass is 16.5. The van der Waals surface area contributed by atoms with Crippen LogP contribution in [0.2, 0.25) is 0 Å². The van der Waals surface area contributed by atoms with Crippen molar-refractivity contribution in [3.05, 3.63) is 23.2 Å². The molecule has 108 valence electrons. The minimum absolute atomic E-state index is 0.600. The Hall–Kier alpha value is -0.800. The number of hydrogen-bond acceptors (Lipinski definition) is 3. The lowest BCUT2D eigenvalue weighted by Crippen LogP contribution is -2.15. The molecule has 1 aliphatic carbocycles. The van der Waals surface area contributed by atoms with Crippen LogP contribution in [0.25, 0.3) is 0 Å². The quantitative estimate of drug-likeness (QED) is 0.690. The zero-order valence-electron chi connectivity index (χ0n) is 12.5. The molecule has 3 nitrogen and oxygen atoms in total. The van der Waals surface area contributed by atoms with E-state index >= 15 is 0 Å². The van der Waals surface area contributed by atoms with Crippen LogP contribution >= 0.6 is 0 Å². The van der Waals surface area contributed by atoms with Gasteiger partial charge in [0, 0.05) is 12.6 Å². The van der Waals surface area contributed by atoms with Crippen LogP contribution in [0.4, 0.5) is 0 Å². The molecule has 0 saturated heterocycles. The number of hydrogen-bond donors (Lipinski definition) is 1. The SMILES string of the molecule is Cc1cc(COCCCC(C)C)oc1CNC1CC1. The van der Waals surface area contributed by atoms with Crippen molar-refractivity contribution in [2.75, 3.05) is 6.61 Å². The van der Waals surface area contributed by atoms with E-state index in [-0.39, 0.29) is 0 Å². The summed E-state index contributed by atoms with van der Waals surface area (Å²) < 4.78 is 11.5. The molecule has 0 aromatic carbocycles. The van der Waals surface area contributed by atoms with Crippen LogP contribution < -0.4 is 5.32 Å². The minimum atomic E-state index is 0.600. The summed E-state index contributed by atoms with van der Waals surface area (Å²) >= 11 is 0. The Morgan fingerprint density at radius 3 is 2.89 bits per heavy atom. The first-order valence-electron chi connectivity index (χ1n) is 7.54. The van der Waals surface area contributed by atoms with Crippen molar-refractivity contribution in [1.29, 1.82) is 0 Å². The van der Waals surface area contributed by atoms with Crippen molar-refractivity contribution in [3.63, 3.8) is 0 Å². The highest BCUT2D eigenvalue weighted by Crippen LogP contribution is 2.21. The van der Waals surface area contributed by atoms with Gasteiger partial charge in [-0.05, 0) is 50.2 Å². The molecule has 0 amide bonds. The Labute approximate surface area is 116 Å². The van der Waals surface area contributed by atoms with Gasteiger partial charge in [-0.1, -0.05) is 13.8 Å². The lowest BCUT2D eigenvalue weighted by molar-refractivity contribution is 0.0998. The maximum absolute atomic E-state index is 5.83. The van der Waals surface area contributed by atoms with Gasteiger partial charge in [-0.2, -0.15) is 0 Å². The first-order valence-corrected chi connectivity index (χ1v) is 7.54. The summed E-state index contributed by atoms with van der Waals surface area (Å²) in [6, 6.07) is 2.83. The molecule has 1 heterocycles. The largest absolute Gasteiger partial charge is 0.462 e. The predicted molar refractivity (Wildman–Crippen MR) is 77.0 cm³/mol. The number of ether oxygens (including phenoxy) is 1. The molecule has 0 spiro atoms. The van der Waals surface area contributed by atoms with Crippen molar-refractivity contribution >= 4 is 0 Å². The second-order valence-electron chi connectivity index (χ2n) is 6.06. The minimum Gasteiger partial charge on any atom is -0.462 e. The highest BCUT2D eigenvalue weighted by Gasteiger charge is 2.21. The zero-order chi connectivity index (χ0) is 13.7. The average Bonchev–Trinajstić information content (AvgIpc) is 3.11. The Bertz CT molecular complexity index is 380. The Morgan fingerprint density at radius 2 is 2.21 bits per heavy atom. The fraction of sp³-hybridized carbons (Fsp3) is 0.750. The molecule has 1 aromatic heterocycles. The predicted octanol–water partition coefficient (Wildman–Crippen LogP) is 3.79. The molecule has 0 unspecified atom stereocenters. The Kier molecular flexibility index (Phi) is 5.46. The van der Waals surface area contributed by atoms with E-state index in [0.29, 0.717) is 6.61 Å². The van der Waals surface area contributed by atoms with Gasteiger partial charge in [-0.15, -0.1) is 0 Å². The van der Waals surface area contributed by atoms with Gasteiger partial charge in [0.05, 0.1) is 6.54 Å². The maximum Gasteiger partial charge on any atom is 0.130 e. The first-order chi connectivity index (χ1) is 9.15. The van der Waals surface area contributed by atoms with Crippen LogP contribution in [0, 0.1) is 12.8 Å². The second kappa shape index (κ2) is 7.11. The van der Waals surface area contributed by atoms with E-state index in [1.54, 1.807) is 0 Å². The third-order valence-electron chi connectivity index (χ3n) is 3.51. The molecule has 2 rings (SSSR count). The van der Waals surface area contributed by atoms with Crippen molar-refractivity contribution in [2.45, 2.75) is 65.6 Å². The standard InChI is InChI=1S/C16H27NO2/c1-12(2)5-4-8-18-11-15-9-13(3)16(19-15)10-17-14-6-7-14/h9,12,14,17H,4-8,10-11H2,1-3H3. The zero-order valence-corrected chi connectivity index (χ0v) is 12.5. The van der Waals surface area contributed by atoms with Gasteiger partial charge in [0.1, 0.15) is 18.1 Å². The van der Waals surface area contributed by atoms with Gasteiger partial charge in [0.15, 0.2) is 0 Å². The third kappa shape index (κ3) is 5.37. The second-order valence-corrected chi connectivity index (χ2v) is 6.06. The maximum atomic E-state index is 5.83. The molecule has 19 heavy (non-hydrogen) atoms. The van der Waals surface area contributed by atoms with Crippen LogP contribution in [0.15, 0.2) is 10.5 Å². The lowest BCUT2D eigenvalue weighted by atomic mass is 10.1. The molecule has 0 atom stereocenters. The molecular formula is C16H27NO2. The molecule has 1 aromatic rings. The van der Waals surface area contributed by atoms with Gasteiger partial charge >= 0.3 is 0 Å². The van der Waals surface area contributed by atoms with Crippen molar-refractivity contribution < 1.29 is 9.15 Å². The molecule has 1 N–H and O–H groups in total. The van der Waals surface area contributed by atoms with Gasteiger partial charge < -0.3 is 14.5 Å². The normalized spacial score (nSPS) is 15.4. The summed E-state index contributed by atoms with van der Waals surface area (Å²) in [5.41, 5.74) is 1.23. The molecule has 0 bridgehead atoms. The highest BCUT2D eigenvalue weighted by molar-refractivity contribution is 5.19. The van der Waals surface area contributed by atoms with Crippen LogP contribution in [-0.4, -0.2) is 12.6 Å². The van der Waals surface area contributed by atoms with E-state index in [0.717, 1.165) is 43.1 Å². The van der Waals surface area contributed by atoms with Gasteiger partial charge in [0.2, 0.25) is 0 Å². The third-order valence-corrected chi connectivity index (χ3v) is 3.51. The van der Waals surface area contributed by atoms with Crippen LogP contribution in [-0.2, 0) is 17.9 Å². The Morgan fingerprint density at radius 1 is 1.42 bits per heavy atom. The van der Waals surface area contributed by atoms with E-state index < -0.39 is 0 Å². The number of nitrogens with one attached hydrogen (secondary N) is 1. The van der Waals surface area contributed by atoms with Gasteiger partial charge in [-0.3, -0.25) is 0 Å². The topological polar surface area (TPSA) is 34.4 Å². The molecule has 1 saturated carbocycles. The number of furan rings is 1. The van der Waals surface area contributed by atoms with Gasteiger partial charge in [0.25, 0.3) is 0 Å². The Balaban J connectivity index is 1.66. The van der Waals surface area contributed by atoms with Crippen molar-refractivity contribution in [2.24, 2.45) is 5.92 Å². The molecule has 0 radical (unpaired) electrons. The van der Waals surface area contributed by atoms with E-state index in [2.05, 4.69) is 32.2 Å². The van der Waals surface area contributed by atoms with E-state index in [1.165, 1.54) is 24.8 Å². The van der Waals surface area contributed by atoms with E-state index in [4.69, 9.17) is 9.15 Å². The molecule has 0 aliphatic heterocycles. The number of aryl methyl sites for hydroxylation is 1. The molecule has 3 heteroatoms. The summed E-state index contributed by atoms with van der Waals surface area (Å²) in [5.74, 6) is 2.77. The van der Waals surface area contributed by atoms with Crippen molar-refractivity contribution in [1.82, 2.24) is 5.32 Å². The fourth-order valence-corrected chi connectivity index (χ4v) is 2.13.